The van der Waals surface area contributed by atoms with Crippen LogP contribution in [-0.4, -0.2) is 41.7 Å². The van der Waals surface area contributed by atoms with Gasteiger partial charge in [-0.25, -0.2) is 0 Å². The van der Waals surface area contributed by atoms with E-state index in [4.69, 9.17) is 5.73 Å². The lowest BCUT2D eigenvalue weighted by atomic mass is 9.71. The third-order valence-electron chi connectivity index (χ3n) is 5.26. The SMILES string of the molecule is CC1CCN(C(=O)CC2(CN)CCCCC2)C1CO. The van der Waals surface area contributed by atoms with Crippen molar-refractivity contribution in [2.24, 2.45) is 17.1 Å². The molecule has 1 aliphatic heterocycles. The van der Waals surface area contributed by atoms with Crippen molar-refractivity contribution < 1.29 is 9.90 Å². The number of carbonyl (C=O) groups excluding carboxylic acids is 1. The Labute approximate surface area is 116 Å². The molecule has 2 aliphatic rings. The fourth-order valence-corrected chi connectivity index (χ4v) is 3.77. The minimum absolute atomic E-state index is 0.0194. The summed E-state index contributed by atoms with van der Waals surface area (Å²) in [6.07, 6.45) is 7.43. The third kappa shape index (κ3) is 3.11. The van der Waals surface area contributed by atoms with E-state index in [1.165, 1.54) is 19.3 Å². The lowest BCUT2D eigenvalue weighted by molar-refractivity contribution is -0.136. The Morgan fingerprint density at radius 2 is 2.05 bits per heavy atom. The Hall–Kier alpha value is -0.610. The van der Waals surface area contributed by atoms with Crippen LogP contribution >= 0.6 is 0 Å². The molecule has 2 fully saturated rings. The number of hydrogen-bond donors (Lipinski definition) is 2. The molecule has 0 spiro atoms. The van der Waals surface area contributed by atoms with Crippen LogP contribution in [-0.2, 0) is 4.79 Å². The van der Waals surface area contributed by atoms with Crippen molar-refractivity contribution in [1.29, 1.82) is 0 Å². The molecule has 4 heteroatoms. The summed E-state index contributed by atoms with van der Waals surface area (Å²) in [5.74, 6) is 0.616. The van der Waals surface area contributed by atoms with Crippen LogP contribution in [0.15, 0.2) is 0 Å². The molecule has 4 nitrogen and oxygen atoms in total. The molecule has 1 amide bonds. The van der Waals surface area contributed by atoms with Crippen LogP contribution < -0.4 is 5.73 Å². The van der Waals surface area contributed by atoms with Gasteiger partial charge in [0, 0.05) is 13.0 Å². The molecular weight excluding hydrogens is 240 g/mol. The molecule has 1 heterocycles. The zero-order valence-corrected chi connectivity index (χ0v) is 12.1. The number of amides is 1. The molecule has 1 saturated carbocycles. The summed E-state index contributed by atoms with van der Waals surface area (Å²) in [6, 6.07) is 0.0194. The quantitative estimate of drug-likeness (QED) is 0.812. The lowest BCUT2D eigenvalue weighted by Gasteiger charge is -2.37. The van der Waals surface area contributed by atoms with Gasteiger partial charge in [-0.1, -0.05) is 26.2 Å². The van der Waals surface area contributed by atoms with Gasteiger partial charge in [0.2, 0.25) is 5.91 Å². The van der Waals surface area contributed by atoms with Crippen molar-refractivity contribution in [2.75, 3.05) is 19.7 Å². The van der Waals surface area contributed by atoms with E-state index in [1.807, 2.05) is 4.90 Å². The molecule has 2 unspecified atom stereocenters. The number of hydrogen-bond acceptors (Lipinski definition) is 3. The molecule has 0 aromatic rings. The fourth-order valence-electron chi connectivity index (χ4n) is 3.77. The molecule has 110 valence electrons. The van der Waals surface area contributed by atoms with Crippen LogP contribution in [0.2, 0.25) is 0 Å². The van der Waals surface area contributed by atoms with Gasteiger partial charge >= 0.3 is 0 Å². The zero-order chi connectivity index (χ0) is 13.9. The molecule has 1 aliphatic carbocycles. The van der Waals surface area contributed by atoms with Gasteiger partial charge in [0.1, 0.15) is 0 Å². The van der Waals surface area contributed by atoms with E-state index in [-0.39, 0.29) is 24.0 Å². The highest BCUT2D eigenvalue weighted by atomic mass is 16.3. The molecular formula is C15H28N2O2. The van der Waals surface area contributed by atoms with Crippen molar-refractivity contribution in [3.63, 3.8) is 0 Å². The molecule has 2 atom stereocenters. The maximum atomic E-state index is 12.6. The van der Waals surface area contributed by atoms with Gasteiger partial charge in [-0.3, -0.25) is 4.79 Å². The predicted molar refractivity (Wildman–Crippen MR) is 75.6 cm³/mol. The minimum atomic E-state index is 0.0194. The van der Waals surface area contributed by atoms with Crippen LogP contribution in [0, 0.1) is 11.3 Å². The molecule has 0 bridgehead atoms. The van der Waals surface area contributed by atoms with Crippen LogP contribution in [0.25, 0.3) is 0 Å². The van der Waals surface area contributed by atoms with Crippen molar-refractivity contribution >= 4 is 5.91 Å². The summed E-state index contributed by atoms with van der Waals surface area (Å²) in [6.45, 7) is 3.62. The number of carbonyl (C=O) groups is 1. The number of rotatable bonds is 4. The van der Waals surface area contributed by atoms with Crippen molar-refractivity contribution in [3.05, 3.63) is 0 Å². The largest absolute Gasteiger partial charge is 0.394 e. The summed E-state index contributed by atoms with van der Waals surface area (Å²) in [7, 11) is 0. The van der Waals surface area contributed by atoms with E-state index in [0.717, 1.165) is 25.8 Å². The van der Waals surface area contributed by atoms with E-state index >= 15 is 0 Å². The predicted octanol–water partition coefficient (Wildman–Crippen LogP) is 1.51. The van der Waals surface area contributed by atoms with Gasteiger partial charge in [-0.2, -0.15) is 0 Å². The van der Waals surface area contributed by atoms with Gasteiger partial charge in [0.25, 0.3) is 0 Å². The average Bonchev–Trinajstić information content (AvgIpc) is 2.81. The van der Waals surface area contributed by atoms with Gasteiger partial charge in [0.15, 0.2) is 0 Å². The van der Waals surface area contributed by atoms with Crippen molar-refractivity contribution in [1.82, 2.24) is 4.90 Å². The second-order valence-electron chi connectivity index (χ2n) is 6.54. The number of nitrogens with two attached hydrogens (primary N) is 1. The maximum absolute atomic E-state index is 12.6. The Bertz CT molecular complexity index is 313. The summed E-state index contributed by atoms with van der Waals surface area (Å²) < 4.78 is 0. The Balaban J connectivity index is 1.99. The van der Waals surface area contributed by atoms with Crippen molar-refractivity contribution in [3.8, 4) is 0 Å². The highest BCUT2D eigenvalue weighted by Crippen LogP contribution is 2.39. The highest BCUT2D eigenvalue weighted by molar-refractivity contribution is 5.77. The molecule has 0 radical (unpaired) electrons. The van der Waals surface area contributed by atoms with E-state index < -0.39 is 0 Å². The topological polar surface area (TPSA) is 66.6 Å². The van der Waals surface area contributed by atoms with Crippen LogP contribution in [0.1, 0.15) is 51.9 Å². The van der Waals surface area contributed by atoms with Gasteiger partial charge < -0.3 is 15.7 Å². The Kier molecular flexibility index (Phi) is 4.85. The third-order valence-corrected chi connectivity index (χ3v) is 5.26. The van der Waals surface area contributed by atoms with Crippen LogP contribution in [0.5, 0.6) is 0 Å². The van der Waals surface area contributed by atoms with Crippen LogP contribution in [0.3, 0.4) is 0 Å². The molecule has 1 saturated heterocycles. The maximum Gasteiger partial charge on any atom is 0.223 e. The molecule has 2 rings (SSSR count). The minimum Gasteiger partial charge on any atom is -0.394 e. The van der Waals surface area contributed by atoms with E-state index in [9.17, 15) is 9.90 Å². The number of aliphatic hydroxyl groups is 1. The molecule has 0 aromatic carbocycles. The van der Waals surface area contributed by atoms with E-state index in [2.05, 4.69) is 6.92 Å². The first kappa shape index (κ1) is 14.8. The summed E-state index contributed by atoms with van der Waals surface area (Å²) in [5.41, 5.74) is 5.99. The monoisotopic (exact) mass is 268 g/mol. The molecule has 19 heavy (non-hydrogen) atoms. The molecule has 0 aromatic heterocycles. The van der Waals surface area contributed by atoms with Gasteiger partial charge in [-0.05, 0) is 37.1 Å². The number of aliphatic hydroxyl groups excluding tert-OH is 1. The number of likely N-dealkylation sites (tertiary alicyclic amines) is 1. The normalized spacial score (nSPS) is 30.6. The first-order valence-corrected chi connectivity index (χ1v) is 7.72. The standard InChI is InChI=1S/C15H28N2O2/c1-12-5-8-17(13(12)10-18)14(19)9-15(11-16)6-3-2-4-7-15/h12-13,18H,2-11,16H2,1H3. The second-order valence-corrected chi connectivity index (χ2v) is 6.54. The second kappa shape index (κ2) is 6.23. The zero-order valence-electron chi connectivity index (χ0n) is 12.1. The lowest BCUT2D eigenvalue weighted by Crippen LogP contribution is -2.44. The highest BCUT2D eigenvalue weighted by Gasteiger charge is 2.39. The Morgan fingerprint density at radius 3 is 2.63 bits per heavy atom. The number of nitrogens with zero attached hydrogens (tertiary/aromatic N) is 1. The summed E-state index contributed by atoms with van der Waals surface area (Å²) >= 11 is 0. The van der Waals surface area contributed by atoms with Gasteiger partial charge in [0.05, 0.1) is 12.6 Å². The van der Waals surface area contributed by atoms with Crippen molar-refractivity contribution in [2.45, 2.75) is 57.9 Å². The average molecular weight is 268 g/mol. The van der Waals surface area contributed by atoms with Gasteiger partial charge in [-0.15, -0.1) is 0 Å². The first-order valence-electron chi connectivity index (χ1n) is 7.72. The smallest absolute Gasteiger partial charge is 0.223 e. The van der Waals surface area contributed by atoms with E-state index in [0.29, 0.717) is 18.9 Å². The van der Waals surface area contributed by atoms with E-state index in [1.54, 1.807) is 0 Å². The Morgan fingerprint density at radius 1 is 1.37 bits per heavy atom. The first-order chi connectivity index (χ1) is 9.12. The molecule has 3 N–H and O–H groups in total. The fraction of sp³-hybridized carbons (Fsp3) is 0.933. The summed E-state index contributed by atoms with van der Waals surface area (Å²) in [4.78, 5) is 14.5. The van der Waals surface area contributed by atoms with Crippen LogP contribution in [0.4, 0.5) is 0 Å². The summed E-state index contributed by atoms with van der Waals surface area (Å²) in [5, 5.41) is 9.46.